The molecule has 4 heteroatoms. The van der Waals surface area contributed by atoms with E-state index in [9.17, 15) is 9.90 Å². The van der Waals surface area contributed by atoms with Gasteiger partial charge in [-0.15, -0.1) is 0 Å². The molecule has 0 saturated carbocycles. The predicted octanol–water partition coefficient (Wildman–Crippen LogP) is 1.92. The van der Waals surface area contributed by atoms with Gasteiger partial charge in [0, 0.05) is 32.3 Å². The van der Waals surface area contributed by atoms with Crippen LogP contribution in [-0.2, 0) is 4.79 Å². The van der Waals surface area contributed by atoms with E-state index in [0.29, 0.717) is 6.42 Å². The van der Waals surface area contributed by atoms with Crippen LogP contribution in [0.15, 0.2) is 23.9 Å². The quantitative estimate of drug-likeness (QED) is 0.807. The molecule has 112 valence electrons. The second-order valence-corrected chi connectivity index (χ2v) is 5.72. The highest BCUT2D eigenvalue weighted by Gasteiger charge is 2.27. The minimum absolute atomic E-state index is 0.0615. The Kier molecular flexibility index (Phi) is 5.65. The molecule has 1 aliphatic carbocycles. The first-order valence-corrected chi connectivity index (χ1v) is 7.69. The van der Waals surface area contributed by atoms with Gasteiger partial charge in [-0.2, -0.15) is 0 Å². The maximum atomic E-state index is 12.1. The summed E-state index contributed by atoms with van der Waals surface area (Å²) in [7, 11) is 2.10. The SMILES string of the molecule is CN(CCCC(=O)N1CCCC1CO)C1=CC=CCC1. The third-order valence-electron chi connectivity index (χ3n) is 4.27. The molecule has 1 aliphatic heterocycles. The van der Waals surface area contributed by atoms with Crippen LogP contribution in [0.1, 0.15) is 38.5 Å². The zero-order chi connectivity index (χ0) is 14.4. The van der Waals surface area contributed by atoms with Gasteiger partial charge in [0.25, 0.3) is 0 Å². The van der Waals surface area contributed by atoms with Crippen molar-refractivity contribution >= 4 is 5.91 Å². The van der Waals surface area contributed by atoms with Gasteiger partial charge in [-0.25, -0.2) is 0 Å². The lowest BCUT2D eigenvalue weighted by Gasteiger charge is -2.25. The highest BCUT2D eigenvalue weighted by atomic mass is 16.3. The number of aliphatic hydroxyl groups is 1. The van der Waals surface area contributed by atoms with Crippen molar-refractivity contribution in [2.24, 2.45) is 0 Å². The molecule has 0 radical (unpaired) electrons. The average molecular weight is 278 g/mol. The third kappa shape index (κ3) is 3.85. The summed E-state index contributed by atoms with van der Waals surface area (Å²) in [5.74, 6) is 0.201. The van der Waals surface area contributed by atoms with Gasteiger partial charge in [0.15, 0.2) is 0 Å². The summed E-state index contributed by atoms with van der Waals surface area (Å²) in [4.78, 5) is 16.3. The Hall–Kier alpha value is -1.29. The van der Waals surface area contributed by atoms with E-state index in [-0.39, 0.29) is 18.6 Å². The number of carbonyl (C=O) groups excluding carboxylic acids is 1. The second kappa shape index (κ2) is 7.48. The van der Waals surface area contributed by atoms with E-state index >= 15 is 0 Å². The minimum Gasteiger partial charge on any atom is -0.394 e. The Labute approximate surface area is 121 Å². The van der Waals surface area contributed by atoms with E-state index in [2.05, 4.69) is 30.2 Å². The second-order valence-electron chi connectivity index (χ2n) is 5.72. The number of carbonyl (C=O) groups is 1. The lowest BCUT2D eigenvalue weighted by molar-refractivity contribution is -0.132. The topological polar surface area (TPSA) is 43.8 Å². The first-order valence-electron chi connectivity index (χ1n) is 7.69. The van der Waals surface area contributed by atoms with Crippen LogP contribution in [0.3, 0.4) is 0 Å². The smallest absolute Gasteiger partial charge is 0.222 e. The molecule has 1 saturated heterocycles. The Morgan fingerprint density at radius 2 is 2.40 bits per heavy atom. The lowest BCUT2D eigenvalue weighted by atomic mass is 10.1. The van der Waals surface area contributed by atoms with Gasteiger partial charge in [0.05, 0.1) is 12.6 Å². The van der Waals surface area contributed by atoms with Crippen LogP contribution in [0, 0.1) is 0 Å². The molecule has 2 aliphatic rings. The van der Waals surface area contributed by atoms with Crippen molar-refractivity contribution in [3.63, 3.8) is 0 Å². The highest BCUT2D eigenvalue weighted by Crippen LogP contribution is 2.19. The molecule has 1 heterocycles. The van der Waals surface area contributed by atoms with Crippen molar-refractivity contribution < 1.29 is 9.90 Å². The Morgan fingerprint density at radius 3 is 3.10 bits per heavy atom. The fourth-order valence-electron chi connectivity index (χ4n) is 3.02. The number of allylic oxidation sites excluding steroid dienone is 4. The third-order valence-corrected chi connectivity index (χ3v) is 4.27. The van der Waals surface area contributed by atoms with Gasteiger partial charge in [-0.1, -0.05) is 12.2 Å². The van der Waals surface area contributed by atoms with Crippen molar-refractivity contribution in [1.82, 2.24) is 9.80 Å². The Morgan fingerprint density at radius 1 is 1.55 bits per heavy atom. The first-order chi connectivity index (χ1) is 9.72. The summed E-state index contributed by atoms with van der Waals surface area (Å²) in [6, 6.07) is 0.0615. The number of amides is 1. The van der Waals surface area contributed by atoms with Gasteiger partial charge in [-0.3, -0.25) is 4.79 Å². The van der Waals surface area contributed by atoms with Crippen LogP contribution in [0.2, 0.25) is 0 Å². The molecule has 0 bridgehead atoms. The number of aliphatic hydroxyl groups excluding tert-OH is 1. The molecule has 0 aromatic carbocycles. The van der Waals surface area contributed by atoms with Crippen LogP contribution in [0.25, 0.3) is 0 Å². The molecule has 1 N–H and O–H groups in total. The largest absolute Gasteiger partial charge is 0.394 e. The standard InChI is InChI=1S/C16H26N2O2/c1-17(14-7-3-2-4-8-14)11-6-10-16(20)18-12-5-9-15(18)13-19/h2-3,7,15,19H,4-6,8-13H2,1H3. The number of hydrogen-bond acceptors (Lipinski definition) is 3. The first kappa shape index (κ1) is 15.1. The van der Waals surface area contributed by atoms with Crippen LogP contribution in [-0.4, -0.2) is 53.6 Å². The monoisotopic (exact) mass is 278 g/mol. The van der Waals surface area contributed by atoms with E-state index in [4.69, 9.17) is 0 Å². The fourth-order valence-corrected chi connectivity index (χ4v) is 3.02. The zero-order valence-electron chi connectivity index (χ0n) is 12.4. The number of likely N-dealkylation sites (tertiary alicyclic amines) is 1. The van der Waals surface area contributed by atoms with E-state index in [1.807, 2.05) is 4.90 Å². The summed E-state index contributed by atoms with van der Waals surface area (Å²) >= 11 is 0. The summed E-state index contributed by atoms with van der Waals surface area (Å²) < 4.78 is 0. The summed E-state index contributed by atoms with van der Waals surface area (Å²) in [5, 5.41) is 9.25. The van der Waals surface area contributed by atoms with Crippen molar-refractivity contribution in [2.75, 3.05) is 26.7 Å². The highest BCUT2D eigenvalue weighted by molar-refractivity contribution is 5.76. The average Bonchev–Trinajstić information content (AvgIpc) is 2.96. The summed E-state index contributed by atoms with van der Waals surface area (Å²) in [5.41, 5.74) is 1.36. The van der Waals surface area contributed by atoms with E-state index in [1.54, 1.807) is 0 Å². The molecular formula is C16H26N2O2. The molecule has 1 atom stereocenters. The van der Waals surface area contributed by atoms with Crippen molar-refractivity contribution in [3.05, 3.63) is 23.9 Å². The van der Waals surface area contributed by atoms with Crippen LogP contribution in [0.4, 0.5) is 0 Å². The van der Waals surface area contributed by atoms with Crippen LogP contribution in [0.5, 0.6) is 0 Å². The molecule has 1 fully saturated rings. The molecular weight excluding hydrogens is 252 g/mol. The van der Waals surface area contributed by atoms with E-state index in [0.717, 1.165) is 45.2 Å². The molecule has 1 amide bonds. The van der Waals surface area contributed by atoms with Gasteiger partial charge in [0.2, 0.25) is 5.91 Å². The van der Waals surface area contributed by atoms with E-state index < -0.39 is 0 Å². The maximum absolute atomic E-state index is 12.1. The maximum Gasteiger partial charge on any atom is 0.222 e. The minimum atomic E-state index is 0.0615. The molecule has 0 aromatic heterocycles. The predicted molar refractivity (Wildman–Crippen MR) is 80.1 cm³/mol. The zero-order valence-corrected chi connectivity index (χ0v) is 12.4. The normalized spacial score (nSPS) is 22.0. The molecule has 4 nitrogen and oxygen atoms in total. The Bertz CT molecular complexity index is 390. The lowest BCUT2D eigenvalue weighted by Crippen LogP contribution is -2.37. The van der Waals surface area contributed by atoms with Gasteiger partial charge < -0.3 is 14.9 Å². The van der Waals surface area contributed by atoms with Crippen molar-refractivity contribution in [3.8, 4) is 0 Å². The molecule has 2 rings (SSSR count). The van der Waals surface area contributed by atoms with Gasteiger partial charge in [-0.05, 0) is 38.2 Å². The van der Waals surface area contributed by atoms with Gasteiger partial charge >= 0.3 is 0 Å². The number of hydrogen-bond donors (Lipinski definition) is 1. The number of nitrogens with zero attached hydrogens (tertiary/aromatic N) is 2. The summed E-state index contributed by atoms with van der Waals surface area (Å²) in [6.45, 7) is 1.84. The van der Waals surface area contributed by atoms with Crippen molar-refractivity contribution in [1.29, 1.82) is 0 Å². The molecule has 0 aromatic rings. The van der Waals surface area contributed by atoms with E-state index in [1.165, 1.54) is 5.70 Å². The number of rotatable bonds is 6. The molecule has 1 unspecified atom stereocenters. The summed E-state index contributed by atoms with van der Waals surface area (Å²) in [6.07, 6.45) is 12.1. The molecule has 20 heavy (non-hydrogen) atoms. The Balaban J connectivity index is 1.71. The fraction of sp³-hybridized carbons (Fsp3) is 0.688. The van der Waals surface area contributed by atoms with Crippen LogP contribution < -0.4 is 0 Å². The van der Waals surface area contributed by atoms with Crippen molar-refractivity contribution in [2.45, 2.75) is 44.6 Å². The van der Waals surface area contributed by atoms with Gasteiger partial charge in [0.1, 0.15) is 0 Å². The van der Waals surface area contributed by atoms with Crippen LogP contribution >= 0.6 is 0 Å². The molecule has 0 spiro atoms.